The first-order valence-corrected chi connectivity index (χ1v) is 6.20. The number of rotatable bonds is 6. The van der Waals surface area contributed by atoms with Crippen LogP contribution in [-0.4, -0.2) is 19.6 Å². The van der Waals surface area contributed by atoms with Gasteiger partial charge in [-0.2, -0.15) is 0 Å². The molecule has 1 aromatic heterocycles. The van der Waals surface area contributed by atoms with Crippen molar-refractivity contribution >= 4 is 5.91 Å². The lowest BCUT2D eigenvalue weighted by Crippen LogP contribution is -2.27. The summed E-state index contributed by atoms with van der Waals surface area (Å²) in [5, 5.41) is 2.87. The molecule has 0 saturated carbocycles. The molecular weight excluding hydrogens is 242 g/mol. The highest BCUT2D eigenvalue weighted by molar-refractivity contribution is 5.78. The Kier molecular flexibility index (Phi) is 4.61. The SMILES string of the molecule is COc1cccc(CC(=O)NCCc2ccco2)c1. The van der Waals surface area contributed by atoms with Crippen molar-refractivity contribution < 1.29 is 13.9 Å². The van der Waals surface area contributed by atoms with E-state index in [0.29, 0.717) is 19.4 Å². The second-order valence-corrected chi connectivity index (χ2v) is 4.21. The molecule has 0 aliphatic carbocycles. The van der Waals surface area contributed by atoms with Crippen molar-refractivity contribution in [3.05, 3.63) is 54.0 Å². The Morgan fingerprint density at radius 3 is 2.95 bits per heavy atom. The van der Waals surface area contributed by atoms with E-state index >= 15 is 0 Å². The Morgan fingerprint density at radius 1 is 1.32 bits per heavy atom. The topological polar surface area (TPSA) is 51.5 Å². The van der Waals surface area contributed by atoms with Gasteiger partial charge in [-0.25, -0.2) is 0 Å². The number of furan rings is 1. The first-order chi connectivity index (χ1) is 9.28. The molecule has 0 fully saturated rings. The molecule has 1 aromatic carbocycles. The van der Waals surface area contributed by atoms with E-state index < -0.39 is 0 Å². The van der Waals surface area contributed by atoms with Gasteiger partial charge in [0.2, 0.25) is 5.91 Å². The molecule has 0 bridgehead atoms. The molecule has 0 radical (unpaired) electrons. The van der Waals surface area contributed by atoms with Gasteiger partial charge < -0.3 is 14.5 Å². The summed E-state index contributed by atoms with van der Waals surface area (Å²) in [6, 6.07) is 11.3. The number of amides is 1. The molecule has 1 amide bonds. The molecular formula is C15H17NO3. The molecule has 2 rings (SSSR count). The standard InChI is InChI=1S/C15H17NO3/c1-18-14-5-2-4-12(10-14)11-15(17)16-8-7-13-6-3-9-19-13/h2-6,9-10H,7-8,11H2,1H3,(H,16,17). The lowest BCUT2D eigenvalue weighted by molar-refractivity contribution is -0.120. The predicted molar refractivity (Wildman–Crippen MR) is 72.1 cm³/mol. The zero-order chi connectivity index (χ0) is 13.5. The third-order valence-electron chi connectivity index (χ3n) is 2.77. The molecule has 0 atom stereocenters. The van der Waals surface area contributed by atoms with Gasteiger partial charge in [-0.15, -0.1) is 0 Å². The first-order valence-electron chi connectivity index (χ1n) is 6.20. The Bertz CT molecular complexity index is 520. The predicted octanol–water partition coefficient (Wildman–Crippen LogP) is 2.19. The van der Waals surface area contributed by atoms with Gasteiger partial charge >= 0.3 is 0 Å². The quantitative estimate of drug-likeness (QED) is 0.865. The maximum Gasteiger partial charge on any atom is 0.224 e. The molecule has 0 aliphatic heterocycles. The maximum absolute atomic E-state index is 11.8. The molecule has 0 spiro atoms. The van der Waals surface area contributed by atoms with Crippen LogP contribution in [0.1, 0.15) is 11.3 Å². The van der Waals surface area contributed by atoms with Crippen molar-refractivity contribution in [2.24, 2.45) is 0 Å². The lowest BCUT2D eigenvalue weighted by Gasteiger charge is -2.06. The van der Waals surface area contributed by atoms with Crippen LogP contribution in [0, 0.1) is 0 Å². The maximum atomic E-state index is 11.8. The number of nitrogens with one attached hydrogen (secondary N) is 1. The van der Waals surface area contributed by atoms with Crippen LogP contribution in [0.4, 0.5) is 0 Å². The molecule has 1 N–H and O–H groups in total. The lowest BCUT2D eigenvalue weighted by atomic mass is 10.1. The minimum absolute atomic E-state index is 0.000177. The molecule has 2 aromatic rings. The summed E-state index contributed by atoms with van der Waals surface area (Å²) in [4.78, 5) is 11.8. The highest BCUT2D eigenvalue weighted by atomic mass is 16.5. The minimum atomic E-state index is -0.000177. The van der Waals surface area contributed by atoms with Crippen LogP contribution in [0.2, 0.25) is 0 Å². The van der Waals surface area contributed by atoms with Crippen molar-refractivity contribution in [2.45, 2.75) is 12.8 Å². The summed E-state index contributed by atoms with van der Waals surface area (Å²) in [5.74, 6) is 1.64. The van der Waals surface area contributed by atoms with Crippen molar-refractivity contribution in [1.29, 1.82) is 0 Å². The van der Waals surface area contributed by atoms with E-state index in [4.69, 9.17) is 9.15 Å². The van der Waals surface area contributed by atoms with Crippen LogP contribution in [-0.2, 0) is 17.6 Å². The van der Waals surface area contributed by atoms with Gasteiger partial charge in [0.05, 0.1) is 19.8 Å². The molecule has 0 unspecified atom stereocenters. The Labute approximate surface area is 112 Å². The molecule has 0 aliphatic rings. The molecule has 4 nitrogen and oxygen atoms in total. The van der Waals surface area contributed by atoms with Crippen LogP contribution < -0.4 is 10.1 Å². The third kappa shape index (κ3) is 4.17. The smallest absolute Gasteiger partial charge is 0.224 e. The monoisotopic (exact) mass is 259 g/mol. The summed E-state index contributed by atoms with van der Waals surface area (Å²) in [6.07, 6.45) is 2.69. The highest BCUT2D eigenvalue weighted by Crippen LogP contribution is 2.12. The zero-order valence-electron chi connectivity index (χ0n) is 10.9. The Balaban J connectivity index is 1.77. The van der Waals surface area contributed by atoms with Crippen LogP contribution in [0.25, 0.3) is 0 Å². The number of methoxy groups -OCH3 is 1. The van der Waals surface area contributed by atoms with Gasteiger partial charge in [0.25, 0.3) is 0 Å². The summed E-state index contributed by atoms with van der Waals surface area (Å²) in [7, 11) is 1.61. The third-order valence-corrected chi connectivity index (χ3v) is 2.77. The number of ether oxygens (including phenoxy) is 1. The first kappa shape index (κ1) is 13.2. The molecule has 0 saturated heterocycles. The van der Waals surface area contributed by atoms with Gasteiger partial charge in [-0.05, 0) is 29.8 Å². The number of carbonyl (C=O) groups is 1. The van der Waals surface area contributed by atoms with Crippen molar-refractivity contribution in [3.63, 3.8) is 0 Å². The molecule has 4 heteroatoms. The van der Waals surface area contributed by atoms with E-state index in [1.807, 2.05) is 36.4 Å². The molecule has 1 heterocycles. The van der Waals surface area contributed by atoms with Crippen molar-refractivity contribution in [3.8, 4) is 5.75 Å². The summed E-state index contributed by atoms with van der Waals surface area (Å²) in [5.41, 5.74) is 0.940. The second-order valence-electron chi connectivity index (χ2n) is 4.21. The fraction of sp³-hybridized carbons (Fsp3) is 0.267. The second kappa shape index (κ2) is 6.64. The fourth-order valence-electron chi connectivity index (χ4n) is 1.81. The number of carbonyl (C=O) groups excluding carboxylic acids is 1. The number of hydrogen-bond acceptors (Lipinski definition) is 3. The van der Waals surface area contributed by atoms with Crippen LogP contribution in [0.3, 0.4) is 0 Å². The number of benzene rings is 1. The average Bonchev–Trinajstić information content (AvgIpc) is 2.92. The highest BCUT2D eigenvalue weighted by Gasteiger charge is 2.04. The van der Waals surface area contributed by atoms with Gasteiger partial charge in [0.1, 0.15) is 11.5 Å². The normalized spacial score (nSPS) is 10.2. The van der Waals surface area contributed by atoms with E-state index in [-0.39, 0.29) is 5.91 Å². The Hall–Kier alpha value is -2.23. The Morgan fingerprint density at radius 2 is 2.21 bits per heavy atom. The van der Waals surface area contributed by atoms with Crippen molar-refractivity contribution in [2.75, 3.05) is 13.7 Å². The van der Waals surface area contributed by atoms with Gasteiger partial charge in [0.15, 0.2) is 0 Å². The van der Waals surface area contributed by atoms with Gasteiger partial charge in [-0.3, -0.25) is 4.79 Å². The van der Waals surface area contributed by atoms with Gasteiger partial charge in [-0.1, -0.05) is 12.1 Å². The van der Waals surface area contributed by atoms with Crippen LogP contribution >= 0.6 is 0 Å². The zero-order valence-corrected chi connectivity index (χ0v) is 10.9. The summed E-state index contributed by atoms with van der Waals surface area (Å²) in [6.45, 7) is 0.580. The molecule has 19 heavy (non-hydrogen) atoms. The van der Waals surface area contributed by atoms with E-state index in [1.165, 1.54) is 0 Å². The summed E-state index contributed by atoms with van der Waals surface area (Å²) >= 11 is 0. The van der Waals surface area contributed by atoms with E-state index in [2.05, 4.69) is 5.32 Å². The van der Waals surface area contributed by atoms with Crippen molar-refractivity contribution in [1.82, 2.24) is 5.32 Å². The summed E-state index contributed by atoms with van der Waals surface area (Å²) < 4.78 is 10.3. The van der Waals surface area contributed by atoms with Crippen LogP contribution in [0.15, 0.2) is 47.1 Å². The van der Waals surface area contributed by atoms with Gasteiger partial charge in [0, 0.05) is 13.0 Å². The number of hydrogen-bond donors (Lipinski definition) is 1. The van der Waals surface area contributed by atoms with E-state index in [0.717, 1.165) is 17.1 Å². The van der Waals surface area contributed by atoms with E-state index in [1.54, 1.807) is 13.4 Å². The van der Waals surface area contributed by atoms with E-state index in [9.17, 15) is 4.79 Å². The minimum Gasteiger partial charge on any atom is -0.497 e. The fourth-order valence-corrected chi connectivity index (χ4v) is 1.81. The average molecular weight is 259 g/mol. The molecule has 100 valence electrons. The largest absolute Gasteiger partial charge is 0.497 e. The van der Waals surface area contributed by atoms with Crippen LogP contribution in [0.5, 0.6) is 5.75 Å².